The van der Waals surface area contributed by atoms with Gasteiger partial charge in [0.2, 0.25) is 0 Å². The van der Waals surface area contributed by atoms with Gasteiger partial charge < -0.3 is 16.4 Å². The summed E-state index contributed by atoms with van der Waals surface area (Å²) in [5.41, 5.74) is 17.1. The molecule has 0 bridgehead atoms. The lowest BCUT2D eigenvalue weighted by Gasteiger charge is -2.25. The van der Waals surface area contributed by atoms with Gasteiger partial charge in [-0.3, -0.25) is 4.79 Å². The summed E-state index contributed by atoms with van der Waals surface area (Å²) in [4.78, 5) is 13.8. The minimum atomic E-state index is -0.527. The molecule has 0 unspecified atom stereocenters. The summed E-state index contributed by atoms with van der Waals surface area (Å²) < 4.78 is 0. The molecular weight excluding hydrogens is 358 g/mol. The highest BCUT2D eigenvalue weighted by Crippen LogP contribution is 2.35. The molecule has 4 heteroatoms. The lowest BCUT2D eigenvalue weighted by molar-refractivity contribution is 0.100. The van der Waals surface area contributed by atoms with Crippen LogP contribution in [0, 0.1) is 0 Å². The third kappa shape index (κ3) is 3.82. The molecule has 0 fully saturated rings. The Hall–Kier alpha value is -4.05. The second-order valence-corrected chi connectivity index (χ2v) is 6.72. The molecule has 142 valence electrons. The van der Waals surface area contributed by atoms with Crippen LogP contribution in [0.25, 0.3) is 11.1 Å². The molecular formula is C25H21N3O. The largest absolute Gasteiger partial charge is 0.398 e. The van der Waals surface area contributed by atoms with E-state index in [1.165, 1.54) is 0 Å². The number of nitrogens with two attached hydrogens (primary N) is 2. The van der Waals surface area contributed by atoms with E-state index >= 15 is 0 Å². The normalized spacial score (nSPS) is 10.5. The van der Waals surface area contributed by atoms with Crippen molar-refractivity contribution in [2.24, 2.45) is 5.73 Å². The van der Waals surface area contributed by atoms with Crippen molar-refractivity contribution in [3.63, 3.8) is 0 Å². The Morgan fingerprint density at radius 1 is 0.621 bits per heavy atom. The van der Waals surface area contributed by atoms with Crippen LogP contribution in [0.3, 0.4) is 0 Å². The van der Waals surface area contributed by atoms with Gasteiger partial charge in [0.25, 0.3) is 5.91 Å². The van der Waals surface area contributed by atoms with E-state index in [1.54, 1.807) is 12.1 Å². The SMILES string of the molecule is NC(=O)c1cc(-c2ccc(N(c3ccccc3)c3ccccc3)cc2)ccc1N. The van der Waals surface area contributed by atoms with Gasteiger partial charge in [-0.05, 0) is 59.7 Å². The fourth-order valence-corrected chi connectivity index (χ4v) is 3.35. The Balaban J connectivity index is 1.74. The second kappa shape index (κ2) is 7.90. The summed E-state index contributed by atoms with van der Waals surface area (Å²) in [7, 11) is 0. The lowest BCUT2D eigenvalue weighted by atomic mass is 10.0. The van der Waals surface area contributed by atoms with Crippen LogP contribution in [-0.2, 0) is 0 Å². The molecule has 0 atom stereocenters. The monoisotopic (exact) mass is 379 g/mol. The molecule has 0 spiro atoms. The smallest absolute Gasteiger partial charge is 0.250 e. The van der Waals surface area contributed by atoms with Crippen molar-refractivity contribution in [2.75, 3.05) is 10.6 Å². The molecule has 4 aromatic rings. The van der Waals surface area contributed by atoms with Crippen molar-refractivity contribution in [1.82, 2.24) is 0 Å². The van der Waals surface area contributed by atoms with Crippen LogP contribution in [0.5, 0.6) is 0 Å². The zero-order chi connectivity index (χ0) is 20.2. The zero-order valence-corrected chi connectivity index (χ0v) is 15.8. The Bertz CT molecular complexity index is 1080. The predicted octanol–water partition coefficient (Wildman–Crippen LogP) is 5.50. The zero-order valence-electron chi connectivity index (χ0n) is 15.8. The molecule has 4 N–H and O–H groups in total. The van der Waals surface area contributed by atoms with Gasteiger partial charge in [0.05, 0.1) is 5.56 Å². The van der Waals surface area contributed by atoms with Crippen molar-refractivity contribution in [2.45, 2.75) is 0 Å². The minimum absolute atomic E-state index is 0.335. The van der Waals surface area contributed by atoms with E-state index in [2.05, 4.69) is 41.3 Å². The Morgan fingerprint density at radius 3 is 1.62 bits per heavy atom. The van der Waals surface area contributed by atoms with E-state index in [4.69, 9.17) is 11.5 Å². The van der Waals surface area contributed by atoms with E-state index in [9.17, 15) is 4.79 Å². The first-order valence-electron chi connectivity index (χ1n) is 9.33. The first-order valence-corrected chi connectivity index (χ1v) is 9.33. The number of nitrogens with zero attached hydrogens (tertiary/aromatic N) is 1. The maximum Gasteiger partial charge on any atom is 0.250 e. The fourth-order valence-electron chi connectivity index (χ4n) is 3.35. The highest BCUT2D eigenvalue weighted by molar-refractivity contribution is 5.99. The third-order valence-electron chi connectivity index (χ3n) is 4.81. The maximum absolute atomic E-state index is 11.6. The average Bonchev–Trinajstić information content (AvgIpc) is 2.76. The van der Waals surface area contributed by atoms with Gasteiger partial charge in [0, 0.05) is 22.7 Å². The van der Waals surface area contributed by atoms with Crippen molar-refractivity contribution in [1.29, 1.82) is 0 Å². The van der Waals surface area contributed by atoms with E-state index < -0.39 is 5.91 Å². The molecule has 4 aromatic carbocycles. The summed E-state index contributed by atoms with van der Waals surface area (Å²) >= 11 is 0. The van der Waals surface area contributed by atoms with Crippen molar-refractivity contribution < 1.29 is 4.79 Å². The van der Waals surface area contributed by atoms with Gasteiger partial charge >= 0.3 is 0 Å². The summed E-state index contributed by atoms with van der Waals surface area (Å²) in [5, 5.41) is 0. The van der Waals surface area contributed by atoms with Gasteiger partial charge in [0.15, 0.2) is 0 Å². The number of nitrogen functional groups attached to an aromatic ring is 1. The second-order valence-electron chi connectivity index (χ2n) is 6.72. The van der Waals surface area contributed by atoms with E-state index in [0.717, 1.165) is 28.2 Å². The molecule has 0 aliphatic carbocycles. The number of hydrogen-bond donors (Lipinski definition) is 2. The van der Waals surface area contributed by atoms with Crippen molar-refractivity contribution in [3.05, 3.63) is 109 Å². The number of carbonyl (C=O) groups excluding carboxylic acids is 1. The van der Waals surface area contributed by atoms with Gasteiger partial charge in [-0.1, -0.05) is 54.6 Å². The lowest BCUT2D eigenvalue weighted by Crippen LogP contribution is -2.13. The average molecular weight is 379 g/mol. The van der Waals surface area contributed by atoms with Gasteiger partial charge in [-0.15, -0.1) is 0 Å². The van der Waals surface area contributed by atoms with Crippen LogP contribution in [0.1, 0.15) is 10.4 Å². The van der Waals surface area contributed by atoms with E-state index in [-0.39, 0.29) is 0 Å². The van der Waals surface area contributed by atoms with E-state index in [0.29, 0.717) is 11.3 Å². The molecule has 0 saturated heterocycles. The topological polar surface area (TPSA) is 72.4 Å². The van der Waals surface area contributed by atoms with Crippen molar-refractivity contribution in [3.8, 4) is 11.1 Å². The Kier molecular flexibility index (Phi) is 4.99. The number of hydrogen-bond acceptors (Lipinski definition) is 3. The summed E-state index contributed by atoms with van der Waals surface area (Å²) in [5.74, 6) is -0.527. The fraction of sp³-hybridized carbons (Fsp3) is 0. The third-order valence-corrected chi connectivity index (χ3v) is 4.81. The highest BCUT2D eigenvalue weighted by Gasteiger charge is 2.12. The van der Waals surface area contributed by atoms with Crippen molar-refractivity contribution >= 4 is 28.7 Å². The molecule has 0 aliphatic rings. The number of primary amides is 1. The summed E-state index contributed by atoms with van der Waals surface area (Å²) in [6, 6.07) is 34.0. The first kappa shape index (κ1) is 18.3. The van der Waals surface area contributed by atoms with Crippen LogP contribution in [0.2, 0.25) is 0 Å². The summed E-state index contributed by atoms with van der Waals surface area (Å²) in [6.07, 6.45) is 0. The number of para-hydroxylation sites is 2. The molecule has 29 heavy (non-hydrogen) atoms. The van der Waals surface area contributed by atoms with Gasteiger partial charge in [-0.25, -0.2) is 0 Å². The molecule has 0 aromatic heterocycles. The molecule has 0 radical (unpaired) electrons. The highest BCUT2D eigenvalue weighted by atomic mass is 16.1. The van der Waals surface area contributed by atoms with Gasteiger partial charge in [-0.2, -0.15) is 0 Å². The number of carbonyl (C=O) groups is 1. The summed E-state index contributed by atoms with van der Waals surface area (Å²) in [6.45, 7) is 0. The van der Waals surface area contributed by atoms with Crippen LogP contribution < -0.4 is 16.4 Å². The number of benzene rings is 4. The number of rotatable bonds is 5. The van der Waals surface area contributed by atoms with Crippen LogP contribution in [-0.4, -0.2) is 5.91 Å². The quantitative estimate of drug-likeness (QED) is 0.449. The Labute approximate surface area is 170 Å². The molecule has 4 rings (SSSR count). The van der Waals surface area contributed by atoms with Crippen LogP contribution in [0.15, 0.2) is 103 Å². The minimum Gasteiger partial charge on any atom is -0.398 e. The number of amides is 1. The molecule has 0 aliphatic heterocycles. The Morgan fingerprint density at radius 2 is 1.10 bits per heavy atom. The van der Waals surface area contributed by atoms with Crippen LogP contribution in [0.4, 0.5) is 22.7 Å². The van der Waals surface area contributed by atoms with E-state index in [1.807, 2.05) is 54.6 Å². The maximum atomic E-state index is 11.6. The number of anilines is 4. The van der Waals surface area contributed by atoms with Crippen LogP contribution >= 0.6 is 0 Å². The first-order chi connectivity index (χ1) is 14.1. The standard InChI is InChI=1S/C25H21N3O/c26-24-16-13-19(17-23(24)25(27)29)18-11-14-22(15-12-18)28(20-7-3-1-4-8-20)21-9-5-2-6-10-21/h1-17H,26H2,(H2,27,29). The predicted molar refractivity (Wildman–Crippen MR) is 119 cm³/mol. The molecule has 0 saturated carbocycles. The molecule has 1 amide bonds. The molecule has 4 nitrogen and oxygen atoms in total. The van der Waals surface area contributed by atoms with Gasteiger partial charge in [0.1, 0.15) is 0 Å². The molecule has 0 heterocycles.